The maximum atomic E-state index is 4.58. The standard InChI is InChI=1S/C6H2O12/c1-3-7-11-13-9-5-6-10-14-16-18-17-15-12-8-4-2/h1-2H. The molecule has 0 saturated carbocycles. The van der Waals surface area contributed by atoms with E-state index in [1.54, 1.807) is 24.4 Å². The maximum Gasteiger partial charge on any atom is 0.208 e. The number of rotatable bonds is 10. The zero-order valence-electron chi connectivity index (χ0n) is 8.05. The molecule has 0 fully saturated rings. The van der Waals surface area contributed by atoms with Crippen LogP contribution in [0, 0.1) is 37.3 Å². The molecule has 0 saturated heterocycles. The molecule has 0 aromatic carbocycles. The lowest BCUT2D eigenvalue weighted by atomic mass is 11.2. The lowest BCUT2D eigenvalue weighted by Gasteiger charge is -1.95. The lowest BCUT2D eigenvalue weighted by Crippen LogP contribution is -1.99. The van der Waals surface area contributed by atoms with Gasteiger partial charge < -0.3 is 0 Å². The van der Waals surface area contributed by atoms with E-state index in [4.69, 9.17) is 0 Å². The Labute approximate surface area is 98.2 Å². The molecule has 0 aliphatic carbocycles. The summed E-state index contributed by atoms with van der Waals surface area (Å²) >= 11 is 0. The summed E-state index contributed by atoms with van der Waals surface area (Å²) in [6, 6.07) is 0. The lowest BCUT2D eigenvalue weighted by molar-refractivity contribution is -0.806. The zero-order chi connectivity index (χ0) is 13.3. The van der Waals surface area contributed by atoms with Crippen LogP contribution in [-0.4, -0.2) is 0 Å². The highest BCUT2D eigenvalue weighted by Crippen LogP contribution is 1.87. The van der Waals surface area contributed by atoms with Crippen molar-refractivity contribution >= 4 is 0 Å². The van der Waals surface area contributed by atoms with Crippen LogP contribution < -0.4 is 0 Å². The van der Waals surface area contributed by atoms with Gasteiger partial charge in [0.1, 0.15) is 0 Å². The minimum Gasteiger partial charge on any atom is -0.250 e. The maximum absolute atomic E-state index is 4.58. The highest BCUT2D eigenvalue weighted by molar-refractivity contribution is 4.76. The van der Waals surface area contributed by atoms with E-state index in [1.165, 1.54) is 0 Å². The van der Waals surface area contributed by atoms with Crippen molar-refractivity contribution in [1.82, 2.24) is 0 Å². The SMILES string of the molecule is C#COOOOC#COOOOOOOOC#C. The van der Waals surface area contributed by atoms with E-state index in [2.05, 4.69) is 72.7 Å². The summed E-state index contributed by atoms with van der Waals surface area (Å²) in [6.07, 6.45) is 15.7. The summed E-state index contributed by atoms with van der Waals surface area (Å²) in [7, 11) is 0. The Morgan fingerprint density at radius 2 is 0.778 bits per heavy atom. The summed E-state index contributed by atoms with van der Waals surface area (Å²) in [5.74, 6) is 0. The minimum absolute atomic E-state index is 1.56. The van der Waals surface area contributed by atoms with Crippen molar-refractivity contribution in [2.45, 2.75) is 0 Å². The molecule has 0 rings (SSSR count). The Morgan fingerprint density at radius 1 is 0.444 bits per heavy atom. The molecule has 0 amide bonds. The molecule has 0 aliphatic heterocycles. The van der Waals surface area contributed by atoms with E-state index in [1.807, 2.05) is 0 Å². The van der Waals surface area contributed by atoms with Gasteiger partial charge in [-0.2, -0.15) is 0 Å². The van der Waals surface area contributed by atoms with Crippen molar-refractivity contribution in [2.75, 3.05) is 0 Å². The van der Waals surface area contributed by atoms with Gasteiger partial charge in [-0.1, -0.05) is 12.8 Å². The number of hydrogen-bond acceptors (Lipinski definition) is 12. The van der Waals surface area contributed by atoms with Gasteiger partial charge in [-0.25, -0.2) is 14.7 Å². The van der Waals surface area contributed by atoms with Gasteiger partial charge in [-0.3, -0.25) is 4.89 Å². The molecule has 0 spiro atoms. The van der Waals surface area contributed by atoms with Gasteiger partial charge in [-0.05, 0) is 0 Å². The van der Waals surface area contributed by atoms with Crippen LogP contribution in [0.1, 0.15) is 0 Å². The molecule has 0 heterocycles. The fraction of sp³-hybridized carbons (Fsp3) is 0. The quantitative estimate of drug-likeness (QED) is 0.218. The van der Waals surface area contributed by atoms with Crippen LogP contribution in [-0.2, 0) is 59.9 Å². The molecular weight excluding hydrogens is 264 g/mol. The van der Waals surface area contributed by atoms with Crippen LogP contribution >= 0.6 is 0 Å². The Kier molecular flexibility index (Phi) is 12.6. The van der Waals surface area contributed by atoms with E-state index in [0.717, 1.165) is 0 Å². The van der Waals surface area contributed by atoms with Gasteiger partial charge in [0.2, 0.25) is 12.2 Å². The third kappa shape index (κ3) is 13.6. The molecule has 0 unspecified atom stereocenters. The Balaban J connectivity index is 3.09. The summed E-state index contributed by atoms with van der Waals surface area (Å²) in [6.45, 7) is 0. The number of terminal acetylenes is 2. The second-order valence-electron chi connectivity index (χ2n) is 1.32. The average molecular weight is 266 g/mol. The molecule has 0 aliphatic rings. The Hall–Kier alpha value is -2.44. The van der Waals surface area contributed by atoms with Crippen molar-refractivity contribution in [3.05, 3.63) is 0 Å². The molecule has 12 nitrogen and oxygen atoms in total. The normalized spacial score (nSPS) is 8.11. The third-order valence-electron chi connectivity index (χ3n) is 0.524. The second kappa shape index (κ2) is 14.6. The van der Waals surface area contributed by atoms with Crippen molar-refractivity contribution in [1.29, 1.82) is 0 Å². The van der Waals surface area contributed by atoms with Crippen LogP contribution in [0.5, 0.6) is 0 Å². The first-order valence-corrected chi connectivity index (χ1v) is 3.31. The topological polar surface area (TPSA) is 111 Å². The van der Waals surface area contributed by atoms with Crippen LogP contribution in [0.15, 0.2) is 0 Å². The van der Waals surface area contributed by atoms with Gasteiger partial charge >= 0.3 is 0 Å². The van der Waals surface area contributed by atoms with Gasteiger partial charge in [0.15, 0.2) is 12.2 Å². The van der Waals surface area contributed by atoms with Crippen molar-refractivity contribution in [3.8, 4) is 37.3 Å². The molecule has 18 heavy (non-hydrogen) atoms. The van der Waals surface area contributed by atoms with Crippen molar-refractivity contribution < 1.29 is 59.9 Å². The van der Waals surface area contributed by atoms with Crippen LogP contribution in [0.4, 0.5) is 0 Å². The first-order chi connectivity index (χ1) is 8.91. The molecular formula is C6H2O12. The molecule has 0 bridgehead atoms. The predicted octanol–water partition coefficient (Wildman–Crippen LogP) is -0.565. The van der Waals surface area contributed by atoms with E-state index in [9.17, 15) is 0 Å². The molecule has 0 aromatic heterocycles. The predicted molar refractivity (Wildman–Crippen MR) is 38.5 cm³/mol. The van der Waals surface area contributed by atoms with Gasteiger partial charge in [0.25, 0.3) is 0 Å². The van der Waals surface area contributed by atoms with Gasteiger partial charge in [0.05, 0.1) is 0 Å². The van der Waals surface area contributed by atoms with E-state index < -0.39 is 0 Å². The molecule has 0 atom stereocenters. The van der Waals surface area contributed by atoms with E-state index >= 15 is 0 Å². The Morgan fingerprint density at radius 3 is 1.28 bits per heavy atom. The summed E-state index contributed by atoms with van der Waals surface area (Å²) in [4.78, 5) is 15.3. The fourth-order valence-corrected chi connectivity index (χ4v) is 0.208. The first kappa shape index (κ1) is 15.6. The summed E-state index contributed by atoms with van der Waals surface area (Å²) in [5.41, 5.74) is 0. The summed E-state index contributed by atoms with van der Waals surface area (Å²) in [5, 5.41) is 29.1. The van der Waals surface area contributed by atoms with Crippen LogP contribution in [0.2, 0.25) is 0 Å². The number of hydrogen-bond donors (Lipinski definition) is 0. The van der Waals surface area contributed by atoms with Crippen molar-refractivity contribution in [3.63, 3.8) is 0 Å². The van der Waals surface area contributed by atoms with Gasteiger partial charge in [-0.15, -0.1) is 0 Å². The zero-order valence-corrected chi connectivity index (χ0v) is 8.05. The van der Waals surface area contributed by atoms with E-state index in [-0.39, 0.29) is 0 Å². The highest BCUT2D eigenvalue weighted by Gasteiger charge is 1.93. The summed E-state index contributed by atoms with van der Waals surface area (Å²) < 4.78 is 0. The van der Waals surface area contributed by atoms with E-state index in [0.29, 0.717) is 0 Å². The molecule has 0 aromatic rings. The highest BCUT2D eigenvalue weighted by atomic mass is 17.9. The first-order valence-electron chi connectivity index (χ1n) is 3.31. The molecule has 12 heteroatoms. The molecule has 0 N–H and O–H groups in total. The van der Waals surface area contributed by atoms with Crippen LogP contribution in [0.3, 0.4) is 0 Å². The van der Waals surface area contributed by atoms with Crippen LogP contribution in [0.25, 0.3) is 0 Å². The minimum atomic E-state index is 1.56. The van der Waals surface area contributed by atoms with Gasteiger partial charge in [0, 0.05) is 40.3 Å². The smallest absolute Gasteiger partial charge is 0.208 e. The second-order valence-corrected chi connectivity index (χ2v) is 1.32. The monoisotopic (exact) mass is 266 g/mol. The molecule has 98 valence electrons. The van der Waals surface area contributed by atoms with Crippen molar-refractivity contribution in [2.24, 2.45) is 0 Å². The Bertz CT molecular complexity index is 316. The largest absolute Gasteiger partial charge is 0.250 e. The average Bonchev–Trinajstić information content (AvgIpc) is 2.39. The molecule has 0 radical (unpaired) electrons. The fourth-order valence-electron chi connectivity index (χ4n) is 0.208. The third-order valence-corrected chi connectivity index (χ3v) is 0.524.